The lowest BCUT2D eigenvalue weighted by molar-refractivity contribution is -0.137. The van der Waals surface area contributed by atoms with Crippen LogP contribution in [0, 0.1) is 0 Å². The van der Waals surface area contributed by atoms with Crippen LogP contribution in [0.2, 0.25) is 0 Å². The molecule has 7 nitrogen and oxygen atoms in total. The molecule has 0 N–H and O–H groups in total. The van der Waals surface area contributed by atoms with Crippen molar-refractivity contribution in [1.29, 1.82) is 0 Å². The minimum atomic E-state index is -4.50. The first-order chi connectivity index (χ1) is 14.7. The monoisotopic (exact) mass is 430 g/mol. The number of fused-ring (bicyclic) bond motifs is 1. The maximum atomic E-state index is 13.0. The van der Waals surface area contributed by atoms with E-state index in [9.17, 15) is 22.8 Å². The lowest BCUT2D eigenvalue weighted by atomic mass is 10.1. The third-order valence-electron chi connectivity index (χ3n) is 4.81. The molecular formula is C21H17F3N4O3. The summed E-state index contributed by atoms with van der Waals surface area (Å²) in [5.41, 5.74) is -1.25. The number of hydrogen-bond acceptors (Lipinski definition) is 5. The van der Waals surface area contributed by atoms with E-state index in [4.69, 9.17) is 4.52 Å². The molecule has 0 aliphatic rings. The van der Waals surface area contributed by atoms with Gasteiger partial charge in [0.25, 0.3) is 5.56 Å². The first-order valence-electron chi connectivity index (χ1n) is 9.41. The topological polar surface area (TPSA) is 82.9 Å². The predicted octanol–water partition coefficient (Wildman–Crippen LogP) is 3.86. The molecule has 4 rings (SSSR count). The van der Waals surface area contributed by atoms with Gasteiger partial charge in [0.1, 0.15) is 6.54 Å². The van der Waals surface area contributed by atoms with Crippen molar-refractivity contribution in [3.8, 4) is 11.4 Å². The molecule has 0 unspecified atom stereocenters. The van der Waals surface area contributed by atoms with Gasteiger partial charge in [-0.1, -0.05) is 29.4 Å². The number of alkyl halides is 3. The maximum absolute atomic E-state index is 13.0. The smallest absolute Gasteiger partial charge is 0.337 e. The maximum Gasteiger partial charge on any atom is 0.416 e. The molecule has 0 radical (unpaired) electrons. The third kappa shape index (κ3) is 3.76. The quantitative estimate of drug-likeness (QED) is 0.491. The van der Waals surface area contributed by atoms with Gasteiger partial charge in [-0.2, -0.15) is 18.2 Å². The minimum absolute atomic E-state index is 0.0219. The van der Waals surface area contributed by atoms with Gasteiger partial charge < -0.3 is 4.52 Å². The molecular weight excluding hydrogens is 413 g/mol. The fraction of sp³-hybridized carbons (Fsp3) is 0.238. The van der Waals surface area contributed by atoms with Crippen LogP contribution in [0.3, 0.4) is 0 Å². The van der Waals surface area contributed by atoms with Crippen molar-refractivity contribution < 1.29 is 17.7 Å². The van der Waals surface area contributed by atoms with E-state index in [1.54, 1.807) is 38.1 Å². The summed E-state index contributed by atoms with van der Waals surface area (Å²) in [5, 5.41) is 4.11. The summed E-state index contributed by atoms with van der Waals surface area (Å²) in [4.78, 5) is 29.8. The highest BCUT2D eigenvalue weighted by Crippen LogP contribution is 2.31. The molecule has 0 aliphatic heterocycles. The summed E-state index contributed by atoms with van der Waals surface area (Å²) < 4.78 is 46.6. The van der Waals surface area contributed by atoms with Crippen molar-refractivity contribution in [2.45, 2.75) is 32.6 Å². The van der Waals surface area contributed by atoms with Crippen LogP contribution < -0.4 is 11.2 Å². The Morgan fingerprint density at radius 1 is 1.06 bits per heavy atom. The SMILES string of the molecule is CC(C)n1c(=O)c2ccccc2n(Cc2nc(-c3cccc(C(F)(F)F)c3)no2)c1=O. The van der Waals surface area contributed by atoms with Crippen molar-refractivity contribution in [3.63, 3.8) is 0 Å². The van der Waals surface area contributed by atoms with E-state index in [1.807, 2.05) is 0 Å². The summed E-state index contributed by atoms with van der Waals surface area (Å²) in [6.07, 6.45) is -4.50. The number of halogens is 3. The third-order valence-corrected chi connectivity index (χ3v) is 4.81. The number of nitrogens with zero attached hydrogens (tertiary/aromatic N) is 4. The molecule has 160 valence electrons. The standard InChI is InChI=1S/C21H17F3N4O3/c1-12(2)28-19(29)15-8-3-4-9-16(15)27(20(28)30)11-17-25-18(26-31-17)13-6-5-7-14(10-13)21(22,23)24/h3-10,12H,11H2,1-2H3. The lowest BCUT2D eigenvalue weighted by Crippen LogP contribution is -2.41. The van der Waals surface area contributed by atoms with Gasteiger partial charge in [0, 0.05) is 11.6 Å². The van der Waals surface area contributed by atoms with Gasteiger partial charge >= 0.3 is 11.9 Å². The first-order valence-corrected chi connectivity index (χ1v) is 9.41. The van der Waals surface area contributed by atoms with Gasteiger partial charge in [0.05, 0.1) is 16.5 Å². The van der Waals surface area contributed by atoms with Gasteiger partial charge in [-0.15, -0.1) is 0 Å². The van der Waals surface area contributed by atoms with Crippen molar-refractivity contribution in [2.75, 3.05) is 0 Å². The highest BCUT2D eigenvalue weighted by molar-refractivity contribution is 5.77. The zero-order valence-electron chi connectivity index (χ0n) is 16.6. The van der Waals surface area contributed by atoms with E-state index in [0.717, 1.165) is 16.7 Å². The zero-order valence-corrected chi connectivity index (χ0v) is 16.6. The molecule has 4 aromatic rings. The van der Waals surface area contributed by atoms with Gasteiger partial charge in [0.2, 0.25) is 11.7 Å². The van der Waals surface area contributed by atoms with Crippen molar-refractivity contribution >= 4 is 10.9 Å². The molecule has 2 aromatic heterocycles. The van der Waals surface area contributed by atoms with Crippen molar-refractivity contribution in [1.82, 2.24) is 19.3 Å². The summed E-state index contributed by atoms with van der Waals surface area (Å²) in [7, 11) is 0. The Labute approximate surface area is 173 Å². The van der Waals surface area contributed by atoms with E-state index < -0.39 is 23.0 Å². The van der Waals surface area contributed by atoms with Crippen molar-refractivity contribution in [2.24, 2.45) is 0 Å². The molecule has 0 fully saturated rings. The lowest BCUT2D eigenvalue weighted by Gasteiger charge is -2.14. The average Bonchev–Trinajstić information content (AvgIpc) is 3.19. The van der Waals surface area contributed by atoms with E-state index >= 15 is 0 Å². The number of benzene rings is 2. The molecule has 0 saturated carbocycles. The van der Waals surface area contributed by atoms with E-state index in [0.29, 0.717) is 10.9 Å². The Morgan fingerprint density at radius 3 is 2.52 bits per heavy atom. The van der Waals surface area contributed by atoms with Crippen LogP contribution in [0.15, 0.2) is 62.6 Å². The molecule has 2 aromatic carbocycles. The van der Waals surface area contributed by atoms with Crippen LogP contribution in [0.4, 0.5) is 13.2 Å². The average molecular weight is 430 g/mol. The first kappa shape index (κ1) is 20.6. The van der Waals surface area contributed by atoms with Crippen LogP contribution in [0.5, 0.6) is 0 Å². The molecule has 0 amide bonds. The van der Waals surface area contributed by atoms with E-state index in [-0.39, 0.29) is 29.9 Å². The molecule has 0 atom stereocenters. The fourth-order valence-corrected chi connectivity index (χ4v) is 3.35. The molecule has 31 heavy (non-hydrogen) atoms. The Morgan fingerprint density at radius 2 is 1.81 bits per heavy atom. The van der Waals surface area contributed by atoms with Gasteiger partial charge in [-0.3, -0.25) is 13.9 Å². The van der Waals surface area contributed by atoms with Gasteiger partial charge in [-0.25, -0.2) is 4.79 Å². The number of rotatable bonds is 4. The van der Waals surface area contributed by atoms with Crippen LogP contribution in [-0.4, -0.2) is 19.3 Å². The molecule has 2 heterocycles. The van der Waals surface area contributed by atoms with Gasteiger partial charge in [0.15, 0.2) is 0 Å². The number of aromatic nitrogens is 4. The minimum Gasteiger partial charge on any atom is -0.337 e. The highest BCUT2D eigenvalue weighted by Gasteiger charge is 2.30. The largest absolute Gasteiger partial charge is 0.416 e. The number of hydrogen-bond donors (Lipinski definition) is 0. The summed E-state index contributed by atoms with van der Waals surface area (Å²) in [6.45, 7) is 3.30. The summed E-state index contributed by atoms with van der Waals surface area (Å²) >= 11 is 0. The second-order valence-electron chi connectivity index (χ2n) is 7.25. The molecule has 0 aliphatic carbocycles. The Hall–Kier alpha value is -3.69. The summed E-state index contributed by atoms with van der Waals surface area (Å²) in [5.74, 6) is -0.00995. The molecule has 10 heteroatoms. The summed E-state index contributed by atoms with van der Waals surface area (Å²) in [6, 6.07) is 10.8. The Kier molecular flexibility index (Phi) is 5.00. The van der Waals surface area contributed by atoms with E-state index in [1.165, 1.54) is 16.7 Å². The van der Waals surface area contributed by atoms with E-state index in [2.05, 4.69) is 10.1 Å². The molecule has 0 spiro atoms. The molecule has 0 saturated heterocycles. The van der Waals surface area contributed by atoms with Crippen LogP contribution >= 0.6 is 0 Å². The van der Waals surface area contributed by atoms with Gasteiger partial charge in [-0.05, 0) is 38.1 Å². The number of para-hydroxylation sites is 1. The normalized spacial score (nSPS) is 12.1. The van der Waals surface area contributed by atoms with Crippen molar-refractivity contribution in [3.05, 3.63) is 80.8 Å². The Balaban J connectivity index is 1.78. The zero-order chi connectivity index (χ0) is 22.3. The van der Waals surface area contributed by atoms with Crippen LogP contribution in [0.1, 0.15) is 31.3 Å². The second-order valence-corrected chi connectivity index (χ2v) is 7.25. The predicted molar refractivity (Wildman–Crippen MR) is 107 cm³/mol. The van der Waals surface area contributed by atoms with Crippen LogP contribution in [-0.2, 0) is 12.7 Å². The Bertz CT molecular complexity index is 1380. The van der Waals surface area contributed by atoms with Crippen LogP contribution in [0.25, 0.3) is 22.3 Å². The second kappa shape index (κ2) is 7.53. The highest BCUT2D eigenvalue weighted by atomic mass is 19.4. The fourth-order valence-electron chi connectivity index (χ4n) is 3.35. The molecule has 0 bridgehead atoms.